The van der Waals surface area contributed by atoms with E-state index < -0.39 is 0 Å². The summed E-state index contributed by atoms with van der Waals surface area (Å²) in [5.74, 6) is 1.28. The molecule has 0 saturated heterocycles. The molecule has 0 saturated carbocycles. The molecule has 0 spiro atoms. The molecule has 0 atom stereocenters. The van der Waals surface area contributed by atoms with Gasteiger partial charge in [-0.2, -0.15) is 0 Å². The maximum atomic E-state index is 2.08. The van der Waals surface area contributed by atoms with E-state index in [1.54, 1.807) is 0 Å². The summed E-state index contributed by atoms with van der Waals surface area (Å²) in [5, 5.41) is 0. The number of nitrogens with zero attached hydrogens (tertiary/aromatic N) is 1. The summed E-state index contributed by atoms with van der Waals surface area (Å²) in [4.78, 5) is 0. The van der Waals surface area contributed by atoms with Crippen LogP contribution in [0.2, 0.25) is 0 Å². The Kier molecular flexibility index (Phi) is 4.35. The Hall–Kier alpha value is -0.318. The van der Waals surface area contributed by atoms with Gasteiger partial charge in [0, 0.05) is 20.4 Å². The predicted octanol–water partition coefficient (Wildman–Crippen LogP) is 1.37. The third kappa shape index (κ3) is 3.01. The molecule has 10 heavy (non-hydrogen) atoms. The minimum Gasteiger partial charge on any atom is -0.225 e. The van der Waals surface area contributed by atoms with E-state index >= 15 is 0 Å². The van der Waals surface area contributed by atoms with E-state index in [1.807, 2.05) is 30.0 Å². The van der Waals surface area contributed by atoms with Crippen molar-refractivity contribution in [2.45, 2.75) is 6.92 Å². The third-order valence-electron chi connectivity index (χ3n) is 1.20. The molecule has 2 heteroatoms. The molecule has 0 N–H and O–H groups in total. The van der Waals surface area contributed by atoms with Gasteiger partial charge in [-0.15, -0.1) is 12.8 Å². The number of hydrogen-bond acceptors (Lipinski definition) is 0. The maximum Gasteiger partial charge on any atom is 0.149 e. The van der Waals surface area contributed by atoms with Crippen molar-refractivity contribution in [1.82, 2.24) is 0 Å². The van der Waals surface area contributed by atoms with Crippen LogP contribution in [0, 0.1) is 5.92 Å². The van der Waals surface area contributed by atoms with Crippen molar-refractivity contribution in [3.8, 4) is 0 Å². The van der Waals surface area contributed by atoms with Crippen LogP contribution in [0.15, 0.2) is 24.4 Å². The summed E-state index contributed by atoms with van der Waals surface area (Å²) < 4.78 is 2.04. The molecule has 0 aromatic carbocycles. The van der Waals surface area contributed by atoms with Crippen molar-refractivity contribution in [2.75, 3.05) is 7.05 Å². The molecule has 0 aromatic heterocycles. The zero-order chi connectivity index (χ0) is 6.69. The largest absolute Gasteiger partial charge is 0.225 e. The Bertz CT molecular complexity index is 180. The van der Waals surface area contributed by atoms with Crippen LogP contribution in [0.25, 0.3) is 0 Å². The van der Waals surface area contributed by atoms with E-state index in [4.69, 9.17) is 0 Å². The monoisotopic (exact) mass is 308 g/mol. The van der Waals surface area contributed by atoms with Gasteiger partial charge < -0.3 is 0 Å². The molecule has 1 radical (unpaired) electrons. The first-order valence-corrected chi connectivity index (χ1v) is 3.04. The summed E-state index contributed by atoms with van der Waals surface area (Å²) in [6.45, 7) is 2.08. The Morgan fingerprint density at radius 1 is 1.30 bits per heavy atom. The fourth-order valence-corrected chi connectivity index (χ4v) is 0.800. The van der Waals surface area contributed by atoms with Crippen LogP contribution < -0.4 is 0 Å². The van der Waals surface area contributed by atoms with Gasteiger partial charge in [-0.25, -0.2) is 16.7 Å². The Balaban J connectivity index is 0.000000810. The molecule has 55 valence electrons. The Morgan fingerprint density at radius 2 is 2.00 bits per heavy atom. The first-order valence-electron chi connectivity index (χ1n) is 3.04. The summed E-state index contributed by atoms with van der Waals surface area (Å²) in [5.41, 5.74) is 0. The molecular formula is C8H11NRe. The van der Waals surface area contributed by atoms with Gasteiger partial charge in [0.15, 0.2) is 0 Å². The van der Waals surface area contributed by atoms with Crippen molar-refractivity contribution in [3.63, 3.8) is 0 Å². The van der Waals surface area contributed by atoms with Crippen molar-refractivity contribution < 1.29 is 25.0 Å². The second-order valence-corrected chi connectivity index (χ2v) is 2.24. The van der Waals surface area contributed by atoms with Crippen LogP contribution in [0.5, 0.6) is 0 Å². The molecule has 0 aromatic rings. The van der Waals surface area contributed by atoms with Gasteiger partial charge >= 0.3 is 0 Å². The first kappa shape index (κ1) is 9.68. The average Bonchev–Trinajstić information content (AvgIpc) is 1.93. The fraction of sp³-hybridized carbons (Fsp3) is 0.250. The van der Waals surface area contributed by atoms with E-state index in [1.165, 1.54) is 5.92 Å². The second kappa shape index (κ2) is 4.49. The smallest absolute Gasteiger partial charge is 0.149 e. The zero-order valence-corrected chi connectivity index (χ0v) is 8.93. The van der Waals surface area contributed by atoms with Crippen LogP contribution in [0.1, 0.15) is 6.92 Å². The Labute approximate surface area is 75.8 Å². The summed E-state index contributed by atoms with van der Waals surface area (Å²) >= 11 is 0. The standard InChI is InChI=1S/C8H11N.Re/c1-8-5-3-4-6-9(2)7-8;/h3-7H,1-2H3;. The topological polar surface area (TPSA) is 3.01 Å². The minimum absolute atomic E-state index is 0. The van der Waals surface area contributed by atoms with Gasteiger partial charge in [0.25, 0.3) is 0 Å². The summed E-state index contributed by atoms with van der Waals surface area (Å²) in [7, 11) is 2.02. The maximum absolute atomic E-state index is 2.08. The summed E-state index contributed by atoms with van der Waals surface area (Å²) in [6, 6.07) is 0. The number of rotatable bonds is 0. The molecule has 1 aliphatic heterocycles. The molecule has 1 rings (SSSR count). The minimum atomic E-state index is 0. The van der Waals surface area contributed by atoms with Gasteiger partial charge in [0.1, 0.15) is 13.2 Å². The molecule has 0 amide bonds. The normalized spacial score (nSPS) is 15.8. The predicted molar refractivity (Wildman–Crippen MR) is 39.4 cm³/mol. The van der Waals surface area contributed by atoms with Gasteiger partial charge in [0.05, 0.1) is 6.21 Å². The summed E-state index contributed by atoms with van der Waals surface area (Å²) in [6.07, 6.45) is 10.2. The van der Waals surface area contributed by atoms with Gasteiger partial charge in [-0.1, -0.05) is 6.08 Å². The van der Waals surface area contributed by atoms with Crippen molar-refractivity contribution >= 4 is 6.21 Å². The van der Waals surface area contributed by atoms with Gasteiger partial charge in [0.2, 0.25) is 0 Å². The van der Waals surface area contributed by atoms with Gasteiger partial charge in [-0.3, -0.25) is 0 Å². The molecule has 1 nitrogen and oxygen atoms in total. The number of allylic oxidation sites excluding steroid dienone is 3. The van der Waals surface area contributed by atoms with Crippen LogP contribution in [0.4, 0.5) is 0 Å². The molecule has 0 aliphatic carbocycles. The molecular weight excluding hydrogens is 296 g/mol. The van der Waals surface area contributed by atoms with Crippen LogP contribution in [-0.2, 0) is 20.4 Å². The van der Waals surface area contributed by atoms with Crippen molar-refractivity contribution in [2.24, 2.45) is 0 Å². The molecule has 0 bridgehead atoms. The van der Waals surface area contributed by atoms with Crippen LogP contribution in [0.3, 0.4) is 0 Å². The Morgan fingerprint density at radius 3 is 2.70 bits per heavy atom. The molecule has 0 unspecified atom stereocenters. The van der Waals surface area contributed by atoms with Crippen LogP contribution >= 0.6 is 0 Å². The SMILES string of the molecule is C[C-]1C=CC=C[N+](C)=C1.[Re]. The third-order valence-corrected chi connectivity index (χ3v) is 1.20. The second-order valence-electron chi connectivity index (χ2n) is 2.24. The first-order chi connectivity index (χ1) is 4.29. The number of hydrogen-bond donors (Lipinski definition) is 0. The molecule has 1 heterocycles. The van der Waals surface area contributed by atoms with E-state index in [2.05, 4.69) is 19.2 Å². The van der Waals surface area contributed by atoms with Gasteiger partial charge in [-0.05, 0) is 0 Å². The molecule has 0 fully saturated rings. The zero-order valence-electron chi connectivity index (χ0n) is 6.21. The van der Waals surface area contributed by atoms with E-state index in [0.717, 1.165) is 0 Å². The van der Waals surface area contributed by atoms with Crippen LogP contribution in [-0.4, -0.2) is 17.8 Å². The molecule has 1 aliphatic rings. The average molecular weight is 307 g/mol. The fourth-order valence-electron chi connectivity index (χ4n) is 0.800. The van der Waals surface area contributed by atoms with Crippen molar-refractivity contribution in [3.05, 3.63) is 30.3 Å². The van der Waals surface area contributed by atoms with E-state index in [-0.39, 0.29) is 20.4 Å². The quantitative estimate of drug-likeness (QED) is 0.470. The van der Waals surface area contributed by atoms with E-state index in [9.17, 15) is 0 Å². The van der Waals surface area contributed by atoms with E-state index in [0.29, 0.717) is 0 Å². The van der Waals surface area contributed by atoms with Crippen molar-refractivity contribution in [1.29, 1.82) is 0 Å².